The molecule has 4 heteroatoms. The second kappa shape index (κ2) is 7.85. The first-order valence-corrected chi connectivity index (χ1v) is 7.99. The Balaban J connectivity index is 1.97. The van der Waals surface area contributed by atoms with Crippen molar-refractivity contribution in [2.75, 3.05) is 20.1 Å². The molecule has 1 unspecified atom stereocenters. The van der Waals surface area contributed by atoms with Gasteiger partial charge in [-0.2, -0.15) is 0 Å². The van der Waals surface area contributed by atoms with Crippen LogP contribution in [0.4, 0.5) is 8.78 Å². The highest BCUT2D eigenvalue weighted by molar-refractivity contribution is 5.21. The fraction of sp³-hybridized carbons (Fsp3) is 0.647. The summed E-state index contributed by atoms with van der Waals surface area (Å²) < 4.78 is 26.8. The molecule has 2 nitrogen and oxygen atoms in total. The molecule has 21 heavy (non-hydrogen) atoms. The molecule has 1 atom stereocenters. The lowest BCUT2D eigenvalue weighted by molar-refractivity contribution is 0.232. The van der Waals surface area contributed by atoms with E-state index in [0.29, 0.717) is 11.6 Å². The van der Waals surface area contributed by atoms with Crippen molar-refractivity contribution in [3.8, 4) is 0 Å². The average molecular weight is 296 g/mol. The van der Waals surface area contributed by atoms with Gasteiger partial charge < -0.3 is 10.2 Å². The molecule has 0 bridgehead atoms. The maximum absolute atomic E-state index is 13.4. The summed E-state index contributed by atoms with van der Waals surface area (Å²) in [5.74, 6) is -1.01. The zero-order valence-electron chi connectivity index (χ0n) is 13.0. The molecule has 1 aliphatic carbocycles. The van der Waals surface area contributed by atoms with E-state index in [1.165, 1.54) is 37.8 Å². The number of rotatable bonds is 7. The van der Waals surface area contributed by atoms with Crippen LogP contribution in [0.5, 0.6) is 0 Å². The Kier molecular flexibility index (Phi) is 6.12. The predicted octanol–water partition coefficient (Wildman–Crippen LogP) is 3.88. The van der Waals surface area contributed by atoms with Crippen molar-refractivity contribution >= 4 is 0 Å². The predicted molar refractivity (Wildman–Crippen MR) is 82.3 cm³/mol. The molecule has 1 N–H and O–H groups in total. The maximum Gasteiger partial charge on any atom is 0.126 e. The molecule has 118 valence electrons. The first-order valence-electron chi connectivity index (χ1n) is 7.99. The second-order valence-corrected chi connectivity index (χ2v) is 6.02. The van der Waals surface area contributed by atoms with Crippen LogP contribution in [0.25, 0.3) is 0 Å². The quantitative estimate of drug-likeness (QED) is 0.821. The van der Waals surface area contributed by atoms with Crippen molar-refractivity contribution in [1.29, 1.82) is 0 Å². The Morgan fingerprint density at radius 3 is 2.38 bits per heavy atom. The van der Waals surface area contributed by atoms with E-state index in [4.69, 9.17) is 0 Å². The van der Waals surface area contributed by atoms with Gasteiger partial charge in [-0.15, -0.1) is 0 Å². The Labute approximate surface area is 126 Å². The Morgan fingerprint density at radius 2 is 1.81 bits per heavy atom. The van der Waals surface area contributed by atoms with Gasteiger partial charge in [-0.3, -0.25) is 0 Å². The van der Waals surface area contributed by atoms with Gasteiger partial charge in [0.2, 0.25) is 0 Å². The third-order valence-electron chi connectivity index (χ3n) is 4.46. The van der Waals surface area contributed by atoms with E-state index in [0.717, 1.165) is 25.6 Å². The molecule has 1 aliphatic rings. The summed E-state index contributed by atoms with van der Waals surface area (Å²) in [6.07, 6.45) is 6.05. The molecule has 0 spiro atoms. The lowest BCUT2D eigenvalue weighted by Crippen LogP contribution is -2.33. The third-order valence-corrected chi connectivity index (χ3v) is 4.46. The van der Waals surface area contributed by atoms with Crippen LogP contribution in [0.1, 0.15) is 50.6 Å². The maximum atomic E-state index is 13.4. The number of benzene rings is 1. The lowest BCUT2D eigenvalue weighted by atomic mass is 10.0. The molecule has 0 amide bonds. The summed E-state index contributed by atoms with van der Waals surface area (Å²) in [5, 5.41) is 3.34. The number of nitrogens with one attached hydrogen (secondary N) is 1. The van der Waals surface area contributed by atoms with E-state index in [9.17, 15) is 8.78 Å². The van der Waals surface area contributed by atoms with Gasteiger partial charge in [0, 0.05) is 18.2 Å². The van der Waals surface area contributed by atoms with Crippen molar-refractivity contribution in [2.45, 2.75) is 51.1 Å². The molecule has 1 aromatic rings. The number of nitrogens with zero attached hydrogens (tertiary/aromatic N) is 1. The normalized spacial score (nSPS) is 17.6. The summed E-state index contributed by atoms with van der Waals surface area (Å²) in [5.41, 5.74) is 0.703. The van der Waals surface area contributed by atoms with E-state index < -0.39 is 11.6 Å². The van der Waals surface area contributed by atoms with Crippen LogP contribution in [0, 0.1) is 11.6 Å². The van der Waals surface area contributed by atoms with Crippen LogP contribution < -0.4 is 5.32 Å². The van der Waals surface area contributed by atoms with Crippen molar-refractivity contribution in [3.05, 3.63) is 35.4 Å². The molecular formula is C17H26F2N2. The topological polar surface area (TPSA) is 15.3 Å². The van der Waals surface area contributed by atoms with Crippen molar-refractivity contribution < 1.29 is 8.78 Å². The summed E-state index contributed by atoms with van der Waals surface area (Å²) in [6, 6.07) is 4.48. The summed E-state index contributed by atoms with van der Waals surface area (Å²) >= 11 is 0. The highest BCUT2D eigenvalue weighted by Crippen LogP contribution is 2.24. The van der Waals surface area contributed by atoms with Crippen LogP contribution in [-0.4, -0.2) is 31.1 Å². The highest BCUT2D eigenvalue weighted by Gasteiger charge is 2.21. The van der Waals surface area contributed by atoms with Gasteiger partial charge in [-0.25, -0.2) is 8.78 Å². The lowest BCUT2D eigenvalue weighted by Gasteiger charge is -2.27. The summed E-state index contributed by atoms with van der Waals surface area (Å²) in [7, 11) is 2.16. The average Bonchev–Trinajstić information content (AvgIpc) is 2.96. The van der Waals surface area contributed by atoms with E-state index in [1.807, 2.05) is 6.92 Å². The molecular weight excluding hydrogens is 270 g/mol. The van der Waals surface area contributed by atoms with Crippen molar-refractivity contribution in [3.63, 3.8) is 0 Å². The Morgan fingerprint density at radius 1 is 1.19 bits per heavy atom. The van der Waals surface area contributed by atoms with Crippen LogP contribution in [-0.2, 0) is 0 Å². The van der Waals surface area contributed by atoms with E-state index in [-0.39, 0.29) is 6.04 Å². The molecule has 1 aromatic carbocycles. The number of halogens is 2. The Hall–Kier alpha value is -1.00. The zero-order valence-corrected chi connectivity index (χ0v) is 13.0. The van der Waals surface area contributed by atoms with Crippen LogP contribution >= 0.6 is 0 Å². The largest absolute Gasteiger partial charge is 0.310 e. The molecule has 0 aliphatic heterocycles. The van der Waals surface area contributed by atoms with Crippen LogP contribution in [0.2, 0.25) is 0 Å². The van der Waals surface area contributed by atoms with Gasteiger partial charge >= 0.3 is 0 Å². The minimum Gasteiger partial charge on any atom is -0.310 e. The first-order chi connectivity index (χ1) is 10.1. The van der Waals surface area contributed by atoms with E-state index in [2.05, 4.69) is 17.3 Å². The minimum absolute atomic E-state index is 0.00375. The van der Waals surface area contributed by atoms with Crippen LogP contribution in [0.3, 0.4) is 0 Å². The van der Waals surface area contributed by atoms with Crippen molar-refractivity contribution in [1.82, 2.24) is 10.2 Å². The fourth-order valence-corrected chi connectivity index (χ4v) is 3.27. The highest BCUT2D eigenvalue weighted by atomic mass is 19.1. The summed E-state index contributed by atoms with van der Waals surface area (Å²) in [6.45, 7) is 3.75. The third kappa shape index (κ3) is 4.75. The minimum atomic E-state index is -0.503. The smallest absolute Gasteiger partial charge is 0.126 e. The second-order valence-electron chi connectivity index (χ2n) is 6.02. The van der Waals surface area contributed by atoms with Crippen LogP contribution in [0.15, 0.2) is 18.2 Å². The van der Waals surface area contributed by atoms with Gasteiger partial charge in [-0.1, -0.05) is 19.8 Å². The van der Waals surface area contributed by atoms with E-state index >= 15 is 0 Å². The molecule has 0 saturated heterocycles. The van der Waals surface area contributed by atoms with Gasteiger partial charge in [0.05, 0.1) is 0 Å². The summed E-state index contributed by atoms with van der Waals surface area (Å²) in [4.78, 5) is 2.40. The molecule has 1 saturated carbocycles. The number of hydrogen-bond acceptors (Lipinski definition) is 2. The molecule has 0 radical (unpaired) electrons. The van der Waals surface area contributed by atoms with Crippen molar-refractivity contribution in [2.24, 2.45) is 0 Å². The first kappa shape index (κ1) is 16.4. The standard InChI is InChI=1S/C17H26F2N2/c1-3-20-17(13-10-14(18)12-15(19)11-13)8-9-21(2)16-6-4-5-7-16/h10-12,16-17,20H,3-9H2,1-2H3. The van der Waals surface area contributed by atoms with Gasteiger partial charge in [0.15, 0.2) is 0 Å². The fourth-order valence-electron chi connectivity index (χ4n) is 3.27. The van der Waals surface area contributed by atoms with Gasteiger partial charge in [0.25, 0.3) is 0 Å². The zero-order chi connectivity index (χ0) is 15.2. The molecule has 0 heterocycles. The molecule has 0 aromatic heterocycles. The van der Waals surface area contributed by atoms with E-state index in [1.54, 1.807) is 0 Å². The SMILES string of the molecule is CCNC(CCN(C)C1CCCC1)c1cc(F)cc(F)c1. The molecule has 2 rings (SSSR count). The number of hydrogen-bond donors (Lipinski definition) is 1. The Bertz CT molecular complexity index is 424. The monoisotopic (exact) mass is 296 g/mol. The molecule has 1 fully saturated rings. The van der Waals surface area contributed by atoms with Gasteiger partial charge in [-0.05, 0) is 57.1 Å². The van der Waals surface area contributed by atoms with Gasteiger partial charge in [0.1, 0.15) is 11.6 Å².